The van der Waals surface area contributed by atoms with Crippen molar-refractivity contribution in [1.29, 1.82) is 0 Å². The smallest absolute Gasteiger partial charge is 0.272 e. The highest BCUT2D eigenvalue weighted by Crippen LogP contribution is 2.22. The fourth-order valence-electron chi connectivity index (χ4n) is 3.54. The Kier molecular flexibility index (Phi) is 6.27. The number of hydrogen-bond donors (Lipinski definition) is 1. The highest BCUT2D eigenvalue weighted by Gasteiger charge is 2.32. The van der Waals surface area contributed by atoms with E-state index >= 15 is 0 Å². The zero-order valence-electron chi connectivity index (χ0n) is 13.3. The van der Waals surface area contributed by atoms with Crippen LogP contribution in [0.2, 0.25) is 0 Å². The number of aromatic nitrogens is 2. The topological polar surface area (TPSA) is 50.2 Å². The minimum Gasteiger partial charge on any atom is -0.336 e. The van der Waals surface area contributed by atoms with Gasteiger partial charge in [-0.25, -0.2) is 4.98 Å². The third-order valence-electron chi connectivity index (χ3n) is 4.70. The number of carbonyl (C=O) groups is 1. The molecule has 130 valence electrons. The number of nitrogens with one attached hydrogen (secondary N) is 1. The molecule has 1 N–H and O–H groups in total. The van der Waals surface area contributed by atoms with E-state index in [1.807, 2.05) is 39.8 Å². The summed E-state index contributed by atoms with van der Waals surface area (Å²) in [4.78, 5) is 19.1. The fourth-order valence-corrected chi connectivity index (χ4v) is 3.54. The third kappa shape index (κ3) is 3.58. The molecule has 1 aromatic carbocycles. The van der Waals surface area contributed by atoms with E-state index < -0.39 is 0 Å². The number of nitrogens with zero attached hydrogens (tertiary/aromatic N) is 3. The molecule has 1 amide bonds. The molecule has 2 aromatic rings. The Morgan fingerprint density at radius 3 is 2.62 bits per heavy atom. The van der Waals surface area contributed by atoms with Gasteiger partial charge in [0.2, 0.25) is 0 Å². The van der Waals surface area contributed by atoms with E-state index in [1.165, 1.54) is 12.8 Å². The Bertz CT molecular complexity index is 676. The number of fused-ring (bicyclic) bond motifs is 2. The molecule has 2 aliphatic heterocycles. The fraction of sp³-hybridized carbons (Fsp3) is 0.412. The summed E-state index contributed by atoms with van der Waals surface area (Å²) < 4.78 is 1.87. The lowest BCUT2D eigenvalue weighted by atomic mass is 10.1. The van der Waals surface area contributed by atoms with Crippen molar-refractivity contribution in [2.45, 2.75) is 31.3 Å². The number of carbonyl (C=O) groups excluding carboxylic acids is 1. The number of likely N-dealkylation sites (tertiary alicyclic amines) is 1. The summed E-state index contributed by atoms with van der Waals surface area (Å²) in [6.07, 6.45) is 6.85. The van der Waals surface area contributed by atoms with Gasteiger partial charge in [0.15, 0.2) is 0 Å². The monoisotopic (exact) mass is 368 g/mol. The van der Waals surface area contributed by atoms with E-state index in [-0.39, 0.29) is 30.7 Å². The highest BCUT2D eigenvalue weighted by molar-refractivity contribution is 5.93. The molecule has 2 aliphatic rings. The zero-order chi connectivity index (χ0) is 14.9. The van der Waals surface area contributed by atoms with Crippen LogP contribution >= 0.6 is 24.8 Å². The molecule has 0 saturated carbocycles. The molecule has 2 fully saturated rings. The zero-order valence-corrected chi connectivity index (χ0v) is 14.9. The minimum atomic E-state index is 0. The van der Waals surface area contributed by atoms with Crippen molar-refractivity contribution in [2.75, 3.05) is 13.1 Å². The van der Waals surface area contributed by atoms with Crippen LogP contribution in [0.4, 0.5) is 0 Å². The van der Waals surface area contributed by atoms with Gasteiger partial charge in [0.25, 0.3) is 5.91 Å². The minimum absolute atomic E-state index is 0. The number of para-hydroxylation sites is 1. The van der Waals surface area contributed by atoms with Gasteiger partial charge in [-0.15, -0.1) is 24.8 Å². The van der Waals surface area contributed by atoms with Gasteiger partial charge in [0, 0.05) is 30.9 Å². The summed E-state index contributed by atoms with van der Waals surface area (Å²) in [5.74, 6) is 0.0794. The van der Waals surface area contributed by atoms with Crippen molar-refractivity contribution in [2.24, 2.45) is 0 Å². The summed E-state index contributed by atoms with van der Waals surface area (Å²) in [7, 11) is 0. The Morgan fingerprint density at radius 2 is 1.83 bits per heavy atom. The van der Waals surface area contributed by atoms with E-state index in [2.05, 4.69) is 10.3 Å². The molecule has 7 heteroatoms. The first kappa shape index (κ1) is 18.8. The Balaban J connectivity index is 0.00000104. The maximum absolute atomic E-state index is 12.9. The lowest BCUT2D eigenvalue weighted by Gasteiger charge is -2.24. The van der Waals surface area contributed by atoms with Gasteiger partial charge in [0.05, 0.1) is 12.5 Å². The second kappa shape index (κ2) is 8.01. The number of amides is 1. The van der Waals surface area contributed by atoms with E-state index in [0.717, 1.165) is 25.2 Å². The van der Waals surface area contributed by atoms with Crippen molar-refractivity contribution in [1.82, 2.24) is 19.8 Å². The molecular weight excluding hydrogens is 347 g/mol. The second-order valence-electron chi connectivity index (χ2n) is 6.16. The normalized spacial score (nSPS) is 22.2. The second-order valence-corrected chi connectivity index (χ2v) is 6.16. The van der Waals surface area contributed by atoms with Crippen molar-refractivity contribution < 1.29 is 4.79 Å². The average molecular weight is 369 g/mol. The van der Waals surface area contributed by atoms with E-state index in [4.69, 9.17) is 0 Å². The predicted molar refractivity (Wildman–Crippen MR) is 98.5 cm³/mol. The predicted octanol–water partition coefficient (Wildman–Crippen LogP) is 2.68. The Labute approximate surface area is 154 Å². The molecular formula is C17H22Cl2N4O. The number of imidazole rings is 1. The van der Waals surface area contributed by atoms with E-state index in [1.54, 1.807) is 12.5 Å². The van der Waals surface area contributed by atoms with Crippen LogP contribution < -0.4 is 5.32 Å². The first-order chi connectivity index (χ1) is 10.8. The van der Waals surface area contributed by atoms with Crippen molar-refractivity contribution in [3.8, 4) is 5.69 Å². The molecule has 2 atom stereocenters. The summed E-state index contributed by atoms with van der Waals surface area (Å²) in [5, 5.41) is 3.61. The maximum atomic E-state index is 12.9. The molecule has 2 saturated heterocycles. The molecule has 0 spiro atoms. The van der Waals surface area contributed by atoms with E-state index in [0.29, 0.717) is 17.8 Å². The molecule has 1 aromatic heterocycles. The van der Waals surface area contributed by atoms with Crippen LogP contribution in [0.15, 0.2) is 42.9 Å². The summed E-state index contributed by atoms with van der Waals surface area (Å²) in [5.41, 5.74) is 1.61. The summed E-state index contributed by atoms with van der Waals surface area (Å²) in [6, 6.07) is 10.9. The highest BCUT2D eigenvalue weighted by atomic mass is 35.5. The lowest BCUT2D eigenvalue weighted by Crippen LogP contribution is -2.39. The molecule has 0 radical (unpaired) electrons. The molecule has 24 heavy (non-hydrogen) atoms. The summed E-state index contributed by atoms with van der Waals surface area (Å²) >= 11 is 0. The Hall–Kier alpha value is -1.56. The standard InChI is InChI=1S/C17H20N4O.2ClH/c22-17(20-9-8-13-6-7-14(11-20)19-13)16-10-18-12-21(16)15-4-2-1-3-5-15;;/h1-5,10,12-14,19H,6-9,11H2;2*1H. The van der Waals surface area contributed by atoms with Crippen LogP contribution in [-0.4, -0.2) is 45.5 Å². The number of benzene rings is 1. The summed E-state index contributed by atoms with van der Waals surface area (Å²) in [6.45, 7) is 1.63. The lowest BCUT2D eigenvalue weighted by molar-refractivity contribution is 0.0740. The van der Waals surface area contributed by atoms with Crippen LogP contribution in [0, 0.1) is 0 Å². The third-order valence-corrected chi connectivity index (χ3v) is 4.70. The first-order valence-electron chi connectivity index (χ1n) is 7.94. The first-order valence-corrected chi connectivity index (χ1v) is 7.94. The van der Waals surface area contributed by atoms with Gasteiger partial charge in [-0.3, -0.25) is 9.36 Å². The van der Waals surface area contributed by atoms with Crippen LogP contribution in [0.3, 0.4) is 0 Å². The van der Waals surface area contributed by atoms with Crippen molar-refractivity contribution in [3.05, 3.63) is 48.5 Å². The van der Waals surface area contributed by atoms with Crippen molar-refractivity contribution in [3.63, 3.8) is 0 Å². The Morgan fingerprint density at radius 1 is 1.08 bits per heavy atom. The largest absolute Gasteiger partial charge is 0.336 e. The molecule has 5 nitrogen and oxygen atoms in total. The molecule has 3 heterocycles. The molecule has 2 unspecified atom stereocenters. The van der Waals surface area contributed by atoms with Gasteiger partial charge >= 0.3 is 0 Å². The quantitative estimate of drug-likeness (QED) is 0.886. The maximum Gasteiger partial charge on any atom is 0.272 e. The SMILES string of the molecule is Cl.Cl.O=C(c1cncn1-c1ccccc1)N1CCC2CCC(C1)N2. The van der Waals surface area contributed by atoms with Crippen LogP contribution in [0.1, 0.15) is 29.8 Å². The molecule has 2 bridgehead atoms. The van der Waals surface area contributed by atoms with E-state index in [9.17, 15) is 4.79 Å². The van der Waals surface area contributed by atoms with Crippen molar-refractivity contribution >= 4 is 30.7 Å². The van der Waals surface area contributed by atoms with Gasteiger partial charge < -0.3 is 10.2 Å². The number of hydrogen-bond acceptors (Lipinski definition) is 3. The van der Waals surface area contributed by atoms with Crippen LogP contribution in [-0.2, 0) is 0 Å². The van der Waals surface area contributed by atoms with Gasteiger partial charge in [-0.2, -0.15) is 0 Å². The van der Waals surface area contributed by atoms with Gasteiger partial charge in [0.1, 0.15) is 5.69 Å². The van der Waals surface area contributed by atoms with Crippen LogP contribution in [0.5, 0.6) is 0 Å². The average Bonchev–Trinajstić information content (AvgIpc) is 3.14. The molecule has 0 aliphatic carbocycles. The van der Waals surface area contributed by atoms with Gasteiger partial charge in [-0.05, 0) is 31.4 Å². The molecule has 4 rings (SSSR count). The number of rotatable bonds is 2. The van der Waals surface area contributed by atoms with Crippen LogP contribution in [0.25, 0.3) is 5.69 Å². The van der Waals surface area contributed by atoms with Gasteiger partial charge in [-0.1, -0.05) is 18.2 Å². The number of halogens is 2.